The molecule has 0 aliphatic carbocycles. The van der Waals surface area contributed by atoms with Gasteiger partial charge in [-0.25, -0.2) is 4.39 Å². The third-order valence-electron chi connectivity index (χ3n) is 4.61. The van der Waals surface area contributed by atoms with Gasteiger partial charge >= 0.3 is 0 Å². The van der Waals surface area contributed by atoms with E-state index in [0.29, 0.717) is 12.2 Å². The van der Waals surface area contributed by atoms with Crippen LogP contribution in [0.25, 0.3) is 0 Å². The zero-order valence-electron chi connectivity index (χ0n) is 15.1. The molecule has 4 nitrogen and oxygen atoms in total. The smallest absolute Gasteiger partial charge is 0.265 e. The molecule has 3 rings (SSSR count). The van der Waals surface area contributed by atoms with Crippen LogP contribution in [-0.4, -0.2) is 25.1 Å². The lowest BCUT2D eigenvalue weighted by molar-refractivity contribution is -0.122. The molecule has 0 unspecified atom stereocenters. The predicted molar refractivity (Wildman–Crippen MR) is 102 cm³/mol. The number of ether oxygens (including phenoxy) is 1. The lowest BCUT2D eigenvalue weighted by Gasteiger charge is -2.28. The molecule has 2 aromatic rings. The molecule has 1 amide bonds. The molecule has 5 heteroatoms. The van der Waals surface area contributed by atoms with E-state index < -0.39 is 6.10 Å². The Balaban J connectivity index is 1.59. The van der Waals surface area contributed by atoms with Crippen molar-refractivity contribution < 1.29 is 13.9 Å². The minimum absolute atomic E-state index is 0.206. The number of nitrogens with zero attached hydrogens (tertiary/aromatic N) is 1. The van der Waals surface area contributed by atoms with Crippen LogP contribution >= 0.6 is 0 Å². The summed E-state index contributed by atoms with van der Waals surface area (Å²) >= 11 is 0. The highest BCUT2D eigenvalue weighted by Gasteiger charge is 2.19. The molecule has 0 bridgehead atoms. The normalized spacial score (nSPS) is 15.4. The fourth-order valence-electron chi connectivity index (χ4n) is 3.13. The molecule has 0 aromatic heterocycles. The quantitative estimate of drug-likeness (QED) is 0.822. The van der Waals surface area contributed by atoms with Crippen LogP contribution in [0.1, 0.15) is 32.6 Å². The van der Waals surface area contributed by atoms with Crippen molar-refractivity contribution in [2.75, 3.05) is 23.3 Å². The average molecular weight is 356 g/mol. The first kappa shape index (κ1) is 18.2. The van der Waals surface area contributed by atoms with Gasteiger partial charge in [-0.3, -0.25) is 4.79 Å². The highest BCUT2D eigenvalue weighted by Crippen LogP contribution is 2.22. The van der Waals surface area contributed by atoms with Crippen LogP contribution in [0, 0.1) is 5.82 Å². The summed E-state index contributed by atoms with van der Waals surface area (Å²) in [6.07, 6.45) is 3.67. The fraction of sp³-hybridized carbons (Fsp3) is 0.381. The predicted octanol–water partition coefficient (Wildman–Crippen LogP) is 4.61. The molecule has 138 valence electrons. The second-order valence-corrected chi connectivity index (χ2v) is 6.55. The second kappa shape index (κ2) is 8.70. The molecule has 1 atom stereocenters. The van der Waals surface area contributed by atoms with Crippen LogP contribution in [0.4, 0.5) is 15.8 Å². The summed E-state index contributed by atoms with van der Waals surface area (Å²) in [5.74, 6) is -0.0555. The van der Waals surface area contributed by atoms with Crippen LogP contribution in [0.5, 0.6) is 5.75 Å². The van der Waals surface area contributed by atoms with Crippen molar-refractivity contribution in [2.24, 2.45) is 0 Å². The van der Waals surface area contributed by atoms with E-state index in [9.17, 15) is 9.18 Å². The molecule has 2 aromatic carbocycles. The summed E-state index contributed by atoms with van der Waals surface area (Å²) in [5.41, 5.74) is 1.94. The number of anilines is 2. The fourth-order valence-corrected chi connectivity index (χ4v) is 3.13. The largest absolute Gasteiger partial charge is 0.481 e. The molecule has 1 aliphatic rings. The maximum absolute atomic E-state index is 13.0. The number of benzene rings is 2. The Morgan fingerprint density at radius 3 is 2.35 bits per heavy atom. The van der Waals surface area contributed by atoms with Crippen molar-refractivity contribution in [1.82, 2.24) is 0 Å². The maximum atomic E-state index is 13.0. The minimum Gasteiger partial charge on any atom is -0.481 e. The van der Waals surface area contributed by atoms with Gasteiger partial charge in [-0.2, -0.15) is 0 Å². The Labute approximate surface area is 154 Å². The lowest BCUT2D eigenvalue weighted by atomic mass is 10.1. The SMILES string of the molecule is CC[C@@H](Oc1ccc(F)cc1)C(=O)Nc1ccc(N2CCCCC2)cc1. The molecule has 1 aliphatic heterocycles. The monoisotopic (exact) mass is 356 g/mol. The van der Waals surface area contributed by atoms with E-state index in [2.05, 4.69) is 10.2 Å². The molecule has 1 fully saturated rings. The molecule has 0 radical (unpaired) electrons. The minimum atomic E-state index is -0.623. The van der Waals surface area contributed by atoms with Gasteiger partial charge in [0, 0.05) is 24.5 Å². The Morgan fingerprint density at radius 1 is 1.08 bits per heavy atom. The van der Waals surface area contributed by atoms with E-state index in [-0.39, 0.29) is 11.7 Å². The molecule has 26 heavy (non-hydrogen) atoms. The van der Waals surface area contributed by atoms with Gasteiger partial charge in [-0.05, 0) is 74.2 Å². The Kier molecular flexibility index (Phi) is 6.10. The summed E-state index contributed by atoms with van der Waals surface area (Å²) in [5, 5.41) is 2.90. The van der Waals surface area contributed by atoms with Crippen molar-refractivity contribution in [1.29, 1.82) is 0 Å². The van der Waals surface area contributed by atoms with Gasteiger partial charge in [0.25, 0.3) is 5.91 Å². The van der Waals surface area contributed by atoms with Crippen LogP contribution < -0.4 is 15.0 Å². The highest BCUT2D eigenvalue weighted by atomic mass is 19.1. The van der Waals surface area contributed by atoms with Gasteiger partial charge in [0.1, 0.15) is 11.6 Å². The topological polar surface area (TPSA) is 41.6 Å². The number of halogens is 1. The maximum Gasteiger partial charge on any atom is 0.265 e. The molecule has 1 heterocycles. The first-order valence-corrected chi connectivity index (χ1v) is 9.24. The van der Waals surface area contributed by atoms with Gasteiger partial charge in [-0.1, -0.05) is 6.92 Å². The number of carbonyl (C=O) groups excluding carboxylic acids is 1. The third-order valence-corrected chi connectivity index (χ3v) is 4.61. The zero-order valence-corrected chi connectivity index (χ0v) is 15.1. The van der Waals surface area contributed by atoms with Crippen LogP contribution in [-0.2, 0) is 4.79 Å². The average Bonchev–Trinajstić information content (AvgIpc) is 2.68. The molecular weight excluding hydrogens is 331 g/mol. The van der Waals surface area contributed by atoms with E-state index >= 15 is 0 Å². The molecule has 1 N–H and O–H groups in total. The number of hydrogen-bond acceptors (Lipinski definition) is 3. The van der Waals surface area contributed by atoms with Crippen LogP contribution in [0.2, 0.25) is 0 Å². The van der Waals surface area contributed by atoms with Crippen LogP contribution in [0.15, 0.2) is 48.5 Å². The van der Waals surface area contributed by atoms with E-state index in [1.807, 2.05) is 31.2 Å². The summed E-state index contributed by atoms with van der Waals surface area (Å²) in [7, 11) is 0. The number of rotatable bonds is 6. The number of amides is 1. The van der Waals surface area contributed by atoms with E-state index in [0.717, 1.165) is 18.8 Å². The van der Waals surface area contributed by atoms with Crippen molar-refractivity contribution in [2.45, 2.75) is 38.7 Å². The van der Waals surface area contributed by atoms with E-state index in [1.54, 1.807) is 0 Å². The van der Waals surface area contributed by atoms with Gasteiger partial charge in [-0.15, -0.1) is 0 Å². The van der Waals surface area contributed by atoms with Crippen molar-refractivity contribution in [3.8, 4) is 5.75 Å². The molecule has 1 saturated heterocycles. The zero-order chi connectivity index (χ0) is 18.4. The standard InChI is InChI=1S/C21H25FN2O2/c1-2-20(26-19-12-6-16(22)7-13-19)21(25)23-17-8-10-18(11-9-17)24-14-4-3-5-15-24/h6-13,20H,2-5,14-15H2,1H3,(H,23,25)/t20-/m1/s1. The Morgan fingerprint density at radius 2 is 1.73 bits per heavy atom. The number of nitrogens with one attached hydrogen (secondary N) is 1. The molecule has 0 saturated carbocycles. The molecule has 0 spiro atoms. The first-order valence-electron chi connectivity index (χ1n) is 9.24. The van der Waals surface area contributed by atoms with Gasteiger partial charge < -0.3 is 15.0 Å². The van der Waals surface area contributed by atoms with Gasteiger partial charge in [0.05, 0.1) is 0 Å². The third kappa shape index (κ3) is 4.75. The molecular formula is C21H25FN2O2. The van der Waals surface area contributed by atoms with Crippen molar-refractivity contribution >= 4 is 17.3 Å². The lowest BCUT2D eigenvalue weighted by Crippen LogP contribution is -2.32. The Bertz CT molecular complexity index is 710. The summed E-state index contributed by atoms with van der Waals surface area (Å²) in [6.45, 7) is 4.07. The van der Waals surface area contributed by atoms with Gasteiger partial charge in [0.2, 0.25) is 0 Å². The first-order chi connectivity index (χ1) is 12.7. The van der Waals surface area contributed by atoms with E-state index in [1.165, 1.54) is 49.2 Å². The summed E-state index contributed by atoms with van der Waals surface area (Å²) in [6, 6.07) is 13.6. The highest BCUT2D eigenvalue weighted by molar-refractivity contribution is 5.94. The van der Waals surface area contributed by atoms with Gasteiger partial charge in [0.15, 0.2) is 6.10 Å². The Hall–Kier alpha value is -2.56. The van der Waals surface area contributed by atoms with Crippen LogP contribution in [0.3, 0.4) is 0 Å². The number of piperidine rings is 1. The van der Waals surface area contributed by atoms with E-state index in [4.69, 9.17) is 4.74 Å². The number of carbonyl (C=O) groups is 1. The van der Waals surface area contributed by atoms with Crippen molar-refractivity contribution in [3.63, 3.8) is 0 Å². The number of hydrogen-bond donors (Lipinski definition) is 1. The van der Waals surface area contributed by atoms with Crippen molar-refractivity contribution in [3.05, 3.63) is 54.3 Å². The summed E-state index contributed by atoms with van der Waals surface area (Å²) in [4.78, 5) is 14.9. The second-order valence-electron chi connectivity index (χ2n) is 6.55. The summed E-state index contributed by atoms with van der Waals surface area (Å²) < 4.78 is 18.7.